The van der Waals surface area contributed by atoms with Crippen molar-refractivity contribution in [2.45, 2.75) is 59.3 Å². The first-order chi connectivity index (χ1) is 15.2. The van der Waals surface area contributed by atoms with Gasteiger partial charge in [0.25, 0.3) is 5.91 Å². The maximum Gasteiger partial charge on any atom is 0.339 e. The number of rotatable bonds is 7. The highest BCUT2D eigenvalue weighted by molar-refractivity contribution is 6.00. The van der Waals surface area contributed by atoms with Crippen LogP contribution in [0.1, 0.15) is 64.9 Å². The van der Waals surface area contributed by atoms with Gasteiger partial charge in [0.1, 0.15) is 11.5 Å². The fourth-order valence-electron chi connectivity index (χ4n) is 4.31. The molecule has 0 bridgehead atoms. The lowest BCUT2D eigenvalue weighted by atomic mass is 10.0. The number of aryl methyl sites for hydroxylation is 1. The fraction of sp³-hybridized carbons (Fsp3) is 0.500. The first kappa shape index (κ1) is 23.8. The van der Waals surface area contributed by atoms with Gasteiger partial charge in [0.15, 0.2) is 0 Å². The summed E-state index contributed by atoms with van der Waals surface area (Å²) in [7, 11) is 1.32. The first-order valence-electron chi connectivity index (χ1n) is 11.0. The Labute approximate surface area is 188 Å². The number of halogens is 1. The number of esters is 1. The third-order valence-corrected chi connectivity index (χ3v) is 5.63. The van der Waals surface area contributed by atoms with Gasteiger partial charge in [-0.15, -0.1) is 0 Å². The summed E-state index contributed by atoms with van der Waals surface area (Å²) in [4.78, 5) is 30.0. The Hall–Kier alpha value is -2.87. The zero-order valence-corrected chi connectivity index (χ0v) is 19.4. The molecule has 1 amide bonds. The number of aromatic nitrogens is 1. The minimum absolute atomic E-state index is 0.0357. The van der Waals surface area contributed by atoms with Gasteiger partial charge in [0.2, 0.25) is 0 Å². The molecule has 2 unspecified atom stereocenters. The van der Waals surface area contributed by atoms with Crippen LogP contribution in [0.3, 0.4) is 0 Å². The van der Waals surface area contributed by atoms with E-state index in [9.17, 15) is 14.0 Å². The van der Waals surface area contributed by atoms with Crippen LogP contribution in [0.4, 0.5) is 10.1 Å². The summed E-state index contributed by atoms with van der Waals surface area (Å²) in [6.07, 6.45) is 1.41. The summed E-state index contributed by atoms with van der Waals surface area (Å²) in [6.45, 7) is 9.10. The van der Waals surface area contributed by atoms with Gasteiger partial charge < -0.3 is 24.7 Å². The number of anilines is 1. The van der Waals surface area contributed by atoms with Gasteiger partial charge in [-0.1, -0.05) is 19.4 Å². The Morgan fingerprint density at radius 3 is 2.56 bits per heavy atom. The smallest absolute Gasteiger partial charge is 0.339 e. The molecular weight excluding hydrogens is 413 g/mol. The number of hydrogen-bond donors (Lipinski definition) is 2. The number of nitrogens with one attached hydrogen (secondary N) is 2. The molecule has 1 saturated heterocycles. The average molecular weight is 446 g/mol. The summed E-state index contributed by atoms with van der Waals surface area (Å²) < 4.78 is 25.4. The van der Waals surface area contributed by atoms with Crippen molar-refractivity contribution in [2.75, 3.05) is 25.1 Å². The predicted octanol–water partition coefficient (Wildman–Crippen LogP) is 3.74. The Balaban J connectivity index is 1.73. The molecule has 3 rings (SSSR count). The zero-order valence-electron chi connectivity index (χ0n) is 19.4. The number of benzene rings is 1. The Kier molecular flexibility index (Phi) is 7.56. The highest BCUT2D eigenvalue weighted by atomic mass is 19.1. The standard InChI is InChI=1S/C24H32FN3O4/c1-6-7-18-21(24(30)31-5)16(4)27-22(18)23(29)26-11-17-8-9-20(19(25)10-17)28-12-14(2)32-15(3)13-28/h8-10,14-15,27H,6-7,11-13H2,1-5H3,(H,26,29). The Morgan fingerprint density at radius 2 is 1.97 bits per heavy atom. The molecule has 2 heterocycles. The number of carbonyl (C=O) groups is 2. The number of H-pyrrole nitrogens is 1. The minimum Gasteiger partial charge on any atom is -0.465 e. The molecule has 0 aliphatic carbocycles. The summed E-state index contributed by atoms with van der Waals surface area (Å²) in [5, 5.41) is 2.83. The van der Waals surface area contributed by atoms with Gasteiger partial charge in [-0.05, 0) is 50.5 Å². The van der Waals surface area contributed by atoms with E-state index in [-0.39, 0.29) is 30.5 Å². The number of aromatic amines is 1. The van der Waals surface area contributed by atoms with Crippen LogP contribution in [0.2, 0.25) is 0 Å². The molecule has 2 N–H and O–H groups in total. The molecular formula is C24H32FN3O4. The van der Waals surface area contributed by atoms with Crippen molar-refractivity contribution in [3.63, 3.8) is 0 Å². The minimum atomic E-state index is -0.467. The molecule has 1 aliphatic heterocycles. The molecule has 32 heavy (non-hydrogen) atoms. The van der Waals surface area contributed by atoms with Crippen molar-refractivity contribution in [1.29, 1.82) is 0 Å². The van der Waals surface area contributed by atoms with Gasteiger partial charge in [0.05, 0.1) is 30.6 Å². The molecule has 0 saturated carbocycles. The predicted molar refractivity (Wildman–Crippen MR) is 121 cm³/mol. The summed E-state index contributed by atoms with van der Waals surface area (Å²) in [5.41, 5.74) is 3.18. The lowest BCUT2D eigenvalue weighted by Gasteiger charge is -2.37. The number of amides is 1. The van der Waals surface area contributed by atoms with Crippen LogP contribution < -0.4 is 10.2 Å². The normalized spacial score (nSPS) is 18.5. The highest BCUT2D eigenvalue weighted by Gasteiger charge is 2.26. The van der Waals surface area contributed by atoms with Crippen LogP contribution in [0.25, 0.3) is 0 Å². The maximum atomic E-state index is 14.8. The van der Waals surface area contributed by atoms with E-state index in [0.717, 1.165) is 6.42 Å². The quantitative estimate of drug-likeness (QED) is 0.635. The van der Waals surface area contributed by atoms with Crippen LogP contribution >= 0.6 is 0 Å². The molecule has 7 nitrogen and oxygen atoms in total. The summed E-state index contributed by atoms with van der Waals surface area (Å²) >= 11 is 0. The van der Waals surface area contributed by atoms with Crippen LogP contribution in [-0.2, 0) is 22.4 Å². The second kappa shape index (κ2) is 10.2. The molecule has 2 aromatic rings. The lowest BCUT2D eigenvalue weighted by molar-refractivity contribution is -0.00540. The largest absolute Gasteiger partial charge is 0.465 e. The topological polar surface area (TPSA) is 83.7 Å². The monoisotopic (exact) mass is 445 g/mol. The van der Waals surface area contributed by atoms with Crippen molar-refractivity contribution in [2.24, 2.45) is 0 Å². The van der Waals surface area contributed by atoms with Gasteiger partial charge >= 0.3 is 5.97 Å². The van der Waals surface area contributed by atoms with E-state index in [2.05, 4.69) is 10.3 Å². The number of methoxy groups -OCH3 is 1. The van der Waals surface area contributed by atoms with Crippen molar-refractivity contribution in [3.05, 3.63) is 52.1 Å². The number of ether oxygens (including phenoxy) is 2. The molecule has 174 valence electrons. The van der Waals surface area contributed by atoms with Gasteiger partial charge in [-0.2, -0.15) is 0 Å². The van der Waals surface area contributed by atoms with Gasteiger partial charge in [-0.3, -0.25) is 4.79 Å². The van der Waals surface area contributed by atoms with Crippen LogP contribution in [0.15, 0.2) is 18.2 Å². The second-order valence-corrected chi connectivity index (χ2v) is 8.35. The van der Waals surface area contributed by atoms with E-state index in [0.29, 0.717) is 53.3 Å². The Bertz CT molecular complexity index is 978. The number of morpholine rings is 1. The van der Waals surface area contributed by atoms with Crippen molar-refractivity contribution < 1.29 is 23.5 Å². The second-order valence-electron chi connectivity index (χ2n) is 8.35. The van der Waals surface area contributed by atoms with Gasteiger partial charge in [0, 0.05) is 25.3 Å². The molecule has 0 spiro atoms. The lowest BCUT2D eigenvalue weighted by Crippen LogP contribution is -2.45. The fourth-order valence-corrected chi connectivity index (χ4v) is 4.31. The van der Waals surface area contributed by atoms with E-state index < -0.39 is 5.97 Å². The van der Waals surface area contributed by atoms with Crippen molar-refractivity contribution >= 4 is 17.6 Å². The zero-order chi connectivity index (χ0) is 23.4. The number of nitrogens with zero attached hydrogens (tertiary/aromatic N) is 1. The number of carbonyl (C=O) groups excluding carboxylic acids is 2. The maximum absolute atomic E-state index is 14.8. The first-order valence-corrected chi connectivity index (χ1v) is 11.0. The molecule has 1 fully saturated rings. The highest BCUT2D eigenvalue weighted by Crippen LogP contribution is 2.25. The van der Waals surface area contributed by atoms with E-state index in [1.807, 2.05) is 31.7 Å². The van der Waals surface area contributed by atoms with Crippen molar-refractivity contribution in [3.8, 4) is 0 Å². The summed E-state index contributed by atoms with van der Waals surface area (Å²) in [5.74, 6) is -1.13. The molecule has 8 heteroatoms. The summed E-state index contributed by atoms with van der Waals surface area (Å²) in [6, 6.07) is 5.02. The van der Waals surface area contributed by atoms with E-state index in [4.69, 9.17) is 9.47 Å². The van der Waals surface area contributed by atoms with Gasteiger partial charge in [-0.25, -0.2) is 9.18 Å². The Morgan fingerprint density at radius 1 is 1.28 bits per heavy atom. The molecule has 1 aromatic carbocycles. The third-order valence-electron chi connectivity index (χ3n) is 5.63. The number of hydrogen-bond acceptors (Lipinski definition) is 5. The van der Waals surface area contributed by atoms with Crippen LogP contribution in [-0.4, -0.2) is 49.3 Å². The van der Waals surface area contributed by atoms with E-state index in [1.54, 1.807) is 13.0 Å². The third kappa shape index (κ3) is 5.12. The molecule has 2 atom stereocenters. The average Bonchev–Trinajstić information content (AvgIpc) is 3.07. The van der Waals surface area contributed by atoms with E-state index in [1.165, 1.54) is 13.2 Å². The van der Waals surface area contributed by atoms with Crippen LogP contribution in [0.5, 0.6) is 0 Å². The van der Waals surface area contributed by atoms with E-state index >= 15 is 0 Å². The molecule has 1 aromatic heterocycles. The van der Waals surface area contributed by atoms with Crippen molar-refractivity contribution in [1.82, 2.24) is 10.3 Å². The van der Waals surface area contributed by atoms with Crippen LogP contribution in [0, 0.1) is 12.7 Å². The molecule has 1 aliphatic rings. The SMILES string of the molecule is CCCc1c(C(=O)NCc2ccc(N3CC(C)OC(C)C3)c(F)c2)[nH]c(C)c1C(=O)OC. The molecule has 0 radical (unpaired) electrons.